The van der Waals surface area contributed by atoms with Gasteiger partial charge in [-0.25, -0.2) is 0 Å². The standard InChI is InChI=1S/C18H17NO4/c1-2-12-23-18-11-9-14(13-16(18)19(21)22)8-10-17(20)15-6-4-3-5-7-15/h3-11,13H,2,12H2,1H3. The maximum atomic E-state index is 12.0. The molecule has 0 radical (unpaired) electrons. The molecule has 0 aliphatic rings. The molecule has 0 fully saturated rings. The van der Waals surface area contributed by atoms with Crippen molar-refractivity contribution in [2.24, 2.45) is 0 Å². The van der Waals surface area contributed by atoms with Crippen LogP contribution in [0.4, 0.5) is 5.69 Å². The molecular weight excluding hydrogens is 294 g/mol. The van der Waals surface area contributed by atoms with Gasteiger partial charge in [-0.2, -0.15) is 0 Å². The van der Waals surface area contributed by atoms with Gasteiger partial charge < -0.3 is 4.74 Å². The average molecular weight is 311 g/mol. The minimum absolute atomic E-state index is 0.104. The number of carbonyl (C=O) groups is 1. The Hall–Kier alpha value is -2.95. The molecule has 2 rings (SSSR count). The summed E-state index contributed by atoms with van der Waals surface area (Å²) >= 11 is 0. The fraction of sp³-hybridized carbons (Fsp3) is 0.167. The van der Waals surface area contributed by atoms with Crippen molar-refractivity contribution in [3.8, 4) is 5.75 Å². The lowest BCUT2D eigenvalue weighted by atomic mass is 10.1. The van der Waals surface area contributed by atoms with Gasteiger partial charge in [0.05, 0.1) is 11.5 Å². The van der Waals surface area contributed by atoms with E-state index in [2.05, 4.69) is 0 Å². The lowest BCUT2D eigenvalue weighted by molar-refractivity contribution is -0.385. The molecule has 0 amide bonds. The molecule has 118 valence electrons. The molecule has 0 N–H and O–H groups in total. The van der Waals surface area contributed by atoms with Crippen molar-refractivity contribution in [2.75, 3.05) is 6.61 Å². The number of nitrogens with zero attached hydrogens (tertiary/aromatic N) is 1. The van der Waals surface area contributed by atoms with Gasteiger partial charge >= 0.3 is 5.69 Å². The highest BCUT2D eigenvalue weighted by Gasteiger charge is 2.15. The molecule has 0 atom stereocenters. The molecular formula is C18H17NO4. The summed E-state index contributed by atoms with van der Waals surface area (Å²) in [5.74, 6) is 0.0861. The smallest absolute Gasteiger partial charge is 0.311 e. The van der Waals surface area contributed by atoms with Crippen molar-refractivity contribution in [1.82, 2.24) is 0 Å². The minimum Gasteiger partial charge on any atom is -0.487 e. The Bertz CT molecular complexity index is 723. The molecule has 0 saturated heterocycles. The molecule has 0 spiro atoms. The second kappa shape index (κ2) is 7.89. The summed E-state index contributed by atoms with van der Waals surface area (Å²) in [6.45, 7) is 2.35. The second-order valence-electron chi connectivity index (χ2n) is 4.90. The van der Waals surface area contributed by atoms with E-state index in [1.54, 1.807) is 42.5 Å². The molecule has 0 bridgehead atoms. The Kier molecular flexibility index (Phi) is 5.63. The minimum atomic E-state index is -0.485. The zero-order valence-electron chi connectivity index (χ0n) is 12.8. The molecule has 0 aromatic heterocycles. The number of nitro groups is 1. The number of allylic oxidation sites excluding steroid dienone is 1. The van der Waals surface area contributed by atoms with Gasteiger partial charge in [0.2, 0.25) is 0 Å². The summed E-state index contributed by atoms with van der Waals surface area (Å²) in [4.78, 5) is 22.6. The Morgan fingerprint density at radius 3 is 2.61 bits per heavy atom. The molecule has 5 heteroatoms. The number of rotatable bonds is 7. The van der Waals surface area contributed by atoms with E-state index in [0.717, 1.165) is 6.42 Å². The van der Waals surface area contributed by atoms with Crippen molar-refractivity contribution >= 4 is 17.5 Å². The van der Waals surface area contributed by atoms with Crippen molar-refractivity contribution in [2.45, 2.75) is 13.3 Å². The van der Waals surface area contributed by atoms with Crippen LogP contribution in [0.25, 0.3) is 6.08 Å². The van der Waals surface area contributed by atoms with Crippen molar-refractivity contribution in [1.29, 1.82) is 0 Å². The summed E-state index contributed by atoms with van der Waals surface area (Å²) in [6.07, 6.45) is 3.73. The SMILES string of the molecule is CCCOc1ccc(C=CC(=O)c2ccccc2)cc1[N+](=O)[O-]. The maximum Gasteiger partial charge on any atom is 0.311 e. The third kappa shape index (κ3) is 4.51. The van der Waals surface area contributed by atoms with Crippen LogP contribution in [0.3, 0.4) is 0 Å². The predicted molar refractivity (Wildman–Crippen MR) is 88.7 cm³/mol. The van der Waals surface area contributed by atoms with E-state index in [0.29, 0.717) is 17.7 Å². The van der Waals surface area contributed by atoms with Gasteiger partial charge in [-0.1, -0.05) is 49.4 Å². The highest BCUT2D eigenvalue weighted by Crippen LogP contribution is 2.28. The largest absolute Gasteiger partial charge is 0.487 e. The number of hydrogen-bond donors (Lipinski definition) is 0. The molecule has 0 unspecified atom stereocenters. The van der Waals surface area contributed by atoms with Gasteiger partial charge in [-0.3, -0.25) is 14.9 Å². The van der Waals surface area contributed by atoms with Gasteiger partial charge in [-0.15, -0.1) is 0 Å². The van der Waals surface area contributed by atoms with Crippen LogP contribution in [0, 0.1) is 10.1 Å². The molecule has 23 heavy (non-hydrogen) atoms. The Morgan fingerprint density at radius 2 is 1.96 bits per heavy atom. The highest BCUT2D eigenvalue weighted by molar-refractivity contribution is 6.06. The van der Waals surface area contributed by atoms with E-state index in [4.69, 9.17) is 4.74 Å². The van der Waals surface area contributed by atoms with Crippen LogP contribution >= 0.6 is 0 Å². The van der Waals surface area contributed by atoms with Gasteiger partial charge in [0.15, 0.2) is 11.5 Å². The van der Waals surface area contributed by atoms with Crippen LogP contribution in [0.2, 0.25) is 0 Å². The molecule has 2 aromatic carbocycles. The highest BCUT2D eigenvalue weighted by atomic mass is 16.6. The Morgan fingerprint density at radius 1 is 1.22 bits per heavy atom. The first-order valence-electron chi connectivity index (χ1n) is 7.30. The van der Waals surface area contributed by atoms with Gasteiger partial charge in [0, 0.05) is 11.6 Å². The lowest BCUT2D eigenvalue weighted by Gasteiger charge is -2.05. The second-order valence-corrected chi connectivity index (χ2v) is 4.90. The Balaban J connectivity index is 2.20. The normalized spacial score (nSPS) is 10.7. The number of ketones is 1. The quantitative estimate of drug-likeness (QED) is 0.331. The number of nitro benzene ring substituents is 1. The topological polar surface area (TPSA) is 69.4 Å². The first kappa shape index (κ1) is 16.4. The lowest BCUT2D eigenvalue weighted by Crippen LogP contribution is -1.99. The predicted octanol–water partition coefficient (Wildman–Crippen LogP) is 4.28. The monoisotopic (exact) mass is 311 g/mol. The van der Waals surface area contributed by atoms with Crippen LogP contribution in [0.15, 0.2) is 54.6 Å². The van der Waals surface area contributed by atoms with Gasteiger partial charge in [0.25, 0.3) is 0 Å². The molecule has 0 aliphatic heterocycles. The van der Waals surface area contributed by atoms with E-state index < -0.39 is 4.92 Å². The average Bonchev–Trinajstić information content (AvgIpc) is 2.58. The molecule has 0 saturated carbocycles. The summed E-state index contributed by atoms with van der Waals surface area (Å²) in [6, 6.07) is 13.5. The number of ether oxygens (including phenoxy) is 1. The van der Waals surface area contributed by atoms with E-state index in [1.165, 1.54) is 12.1 Å². The molecule has 5 nitrogen and oxygen atoms in total. The first-order valence-corrected chi connectivity index (χ1v) is 7.30. The summed E-state index contributed by atoms with van der Waals surface area (Å²) < 4.78 is 5.36. The van der Waals surface area contributed by atoms with E-state index >= 15 is 0 Å². The van der Waals surface area contributed by atoms with E-state index in [1.807, 2.05) is 13.0 Å². The van der Waals surface area contributed by atoms with E-state index in [-0.39, 0.29) is 17.2 Å². The van der Waals surface area contributed by atoms with Gasteiger partial charge in [0.1, 0.15) is 0 Å². The number of benzene rings is 2. The van der Waals surface area contributed by atoms with Crippen LogP contribution in [-0.4, -0.2) is 17.3 Å². The van der Waals surface area contributed by atoms with Crippen LogP contribution < -0.4 is 4.74 Å². The first-order chi connectivity index (χ1) is 11.1. The summed E-state index contributed by atoms with van der Waals surface area (Å²) in [7, 11) is 0. The maximum absolute atomic E-state index is 12.0. The third-order valence-electron chi connectivity index (χ3n) is 3.13. The number of hydrogen-bond acceptors (Lipinski definition) is 4. The van der Waals surface area contributed by atoms with Crippen LogP contribution in [0.5, 0.6) is 5.75 Å². The Labute approximate surface area is 134 Å². The van der Waals surface area contributed by atoms with Crippen molar-refractivity contribution in [3.05, 3.63) is 75.8 Å². The van der Waals surface area contributed by atoms with Crippen molar-refractivity contribution < 1.29 is 14.5 Å². The van der Waals surface area contributed by atoms with Gasteiger partial charge in [-0.05, 0) is 24.1 Å². The zero-order chi connectivity index (χ0) is 16.7. The zero-order valence-corrected chi connectivity index (χ0v) is 12.8. The molecule has 0 aliphatic carbocycles. The summed E-state index contributed by atoms with van der Waals surface area (Å²) in [5.41, 5.74) is 1.04. The van der Waals surface area contributed by atoms with E-state index in [9.17, 15) is 14.9 Å². The summed E-state index contributed by atoms with van der Waals surface area (Å²) in [5, 5.41) is 11.1. The van der Waals surface area contributed by atoms with Crippen LogP contribution in [-0.2, 0) is 0 Å². The van der Waals surface area contributed by atoms with Crippen LogP contribution in [0.1, 0.15) is 29.3 Å². The molecule has 2 aromatic rings. The van der Waals surface area contributed by atoms with Crippen molar-refractivity contribution in [3.63, 3.8) is 0 Å². The fourth-order valence-electron chi connectivity index (χ4n) is 1.99. The third-order valence-corrected chi connectivity index (χ3v) is 3.13. The fourth-order valence-corrected chi connectivity index (χ4v) is 1.99. The number of carbonyl (C=O) groups excluding carboxylic acids is 1. The molecule has 0 heterocycles.